The molecule has 9 nitrogen and oxygen atoms in total. The molecule has 2 heterocycles. The van der Waals surface area contributed by atoms with E-state index in [1.54, 1.807) is 11.6 Å². The zero-order valence-corrected chi connectivity index (χ0v) is 18.5. The number of nitrogens with one attached hydrogen (secondary N) is 2. The summed E-state index contributed by atoms with van der Waals surface area (Å²) < 4.78 is 8.66. The Bertz CT molecular complexity index is 1140. The minimum absolute atomic E-state index is 0.0575. The highest BCUT2D eigenvalue weighted by Gasteiger charge is 2.20. The lowest BCUT2D eigenvalue weighted by Crippen LogP contribution is -2.31. The second-order valence-electron chi connectivity index (χ2n) is 8.11. The number of fused-ring (bicyclic) bond motifs is 1. The SMILES string of the molecule is CCc1cccc(OC[C@@H](O)Cn2c(NCCC(C)C)nc3c2c(=O)[nH]c(=O)n3C)c1. The molecule has 0 unspecified atom stereocenters. The molecule has 31 heavy (non-hydrogen) atoms. The van der Waals surface area contributed by atoms with Gasteiger partial charge in [-0.25, -0.2) is 4.79 Å². The first-order valence-electron chi connectivity index (χ1n) is 10.6. The van der Waals surface area contributed by atoms with E-state index >= 15 is 0 Å². The van der Waals surface area contributed by atoms with Gasteiger partial charge in [0.1, 0.15) is 18.5 Å². The number of aromatic nitrogens is 4. The number of hydrogen-bond acceptors (Lipinski definition) is 6. The lowest BCUT2D eigenvalue weighted by Gasteiger charge is -2.16. The number of hydrogen-bond donors (Lipinski definition) is 3. The fourth-order valence-corrected chi connectivity index (χ4v) is 3.33. The molecule has 0 aliphatic heterocycles. The largest absolute Gasteiger partial charge is 0.491 e. The van der Waals surface area contributed by atoms with E-state index in [1.807, 2.05) is 24.3 Å². The van der Waals surface area contributed by atoms with Crippen LogP contribution in [0.5, 0.6) is 5.75 Å². The molecule has 3 rings (SSSR count). The van der Waals surface area contributed by atoms with Crippen LogP contribution in [0.1, 0.15) is 32.8 Å². The molecule has 0 spiro atoms. The van der Waals surface area contributed by atoms with Gasteiger partial charge in [0, 0.05) is 13.6 Å². The molecule has 0 amide bonds. The topological polar surface area (TPSA) is 114 Å². The van der Waals surface area contributed by atoms with E-state index in [0.29, 0.717) is 24.2 Å². The molecule has 0 fully saturated rings. The van der Waals surface area contributed by atoms with Crippen LogP contribution in [0, 0.1) is 5.92 Å². The molecular formula is C22H31N5O4. The van der Waals surface area contributed by atoms with E-state index in [2.05, 4.69) is 36.1 Å². The molecule has 0 radical (unpaired) electrons. The Morgan fingerprint density at radius 2 is 2.06 bits per heavy atom. The van der Waals surface area contributed by atoms with Crippen molar-refractivity contribution in [2.75, 3.05) is 18.5 Å². The second kappa shape index (κ2) is 9.82. The van der Waals surface area contributed by atoms with Crippen LogP contribution in [-0.4, -0.2) is 43.5 Å². The molecule has 3 N–H and O–H groups in total. The van der Waals surface area contributed by atoms with Gasteiger partial charge in [0.2, 0.25) is 5.95 Å². The predicted molar refractivity (Wildman–Crippen MR) is 121 cm³/mol. The molecule has 3 aromatic rings. The summed E-state index contributed by atoms with van der Waals surface area (Å²) in [5, 5.41) is 13.9. The number of anilines is 1. The summed E-state index contributed by atoms with van der Waals surface area (Å²) in [5.41, 5.74) is 0.587. The highest BCUT2D eigenvalue weighted by Crippen LogP contribution is 2.18. The molecule has 1 atom stereocenters. The van der Waals surface area contributed by atoms with E-state index in [0.717, 1.165) is 18.4 Å². The fraction of sp³-hybridized carbons (Fsp3) is 0.500. The van der Waals surface area contributed by atoms with Crippen molar-refractivity contribution in [3.63, 3.8) is 0 Å². The van der Waals surface area contributed by atoms with Gasteiger partial charge in [-0.05, 0) is 36.5 Å². The Morgan fingerprint density at radius 3 is 2.77 bits per heavy atom. The molecule has 9 heteroatoms. The van der Waals surface area contributed by atoms with Crippen LogP contribution >= 0.6 is 0 Å². The smallest absolute Gasteiger partial charge is 0.329 e. The Morgan fingerprint density at radius 1 is 1.29 bits per heavy atom. The quantitative estimate of drug-likeness (QED) is 0.453. The van der Waals surface area contributed by atoms with Crippen LogP contribution < -0.4 is 21.3 Å². The summed E-state index contributed by atoms with van der Waals surface area (Å²) in [6.45, 7) is 7.11. The van der Waals surface area contributed by atoms with Gasteiger partial charge < -0.3 is 19.7 Å². The maximum absolute atomic E-state index is 12.5. The highest BCUT2D eigenvalue weighted by atomic mass is 16.5. The van der Waals surface area contributed by atoms with Crippen LogP contribution in [0.15, 0.2) is 33.9 Å². The number of rotatable bonds is 10. The van der Waals surface area contributed by atoms with Gasteiger partial charge in [0.15, 0.2) is 11.2 Å². The first kappa shape index (κ1) is 22.6. The van der Waals surface area contributed by atoms with E-state index in [-0.39, 0.29) is 24.3 Å². The molecule has 0 saturated heterocycles. The molecule has 0 aliphatic rings. The molecule has 2 aromatic heterocycles. The van der Waals surface area contributed by atoms with E-state index < -0.39 is 17.4 Å². The number of aliphatic hydroxyl groups is 1. The first-order valence-corrected chi connectivity index (χ1v) is 10.6. The average Bonchev–Trinajstić information content (AvgIpc) is 3.09. The van der Waals surface area contributed by atoms with Crippen LogP contribution in [0.4, 0.5) is 5.95 Å². The van der Waals surface area contributed by atoms with Gasteiger partial charge in [-0.1, -0.05) is 32.9 Å². The van der Waals surface area contributed by atoms with Gasteiger partial charge in [0.05, 0.1) is 6.54 Å². The third-order valence-electron chi connectivity index (χ3n) is 5.15. The average molecular weight is 430 g/mol. The molecule has 0 saturated carbocycles. The van der Waals surface area contributed by atoms with Crippen molar-refractivity contribution in [3.8, 4) is 5.75 Å². The monoisotopic (exact) mass is 429 g/mol. The minimum Gasteiger partial charge on any atom is -0.491 e. The summed E-state index contributed by atoms with van der Waals surface area (Å²) in [4.78, 5) is 31.3. The minimum atomic E-state index is -0.884. The summed E-state index contributed by atoms with van der Waals surface area (Å²) >= 11 is 0. The van der Waals surface area contributed by atoms with Crippen molar-refractivity contribution < 1.29 is 9.84 Å². The maximum Gasteiger partial charge on any atom is 0.329 e. The van der Waals surface area contributed by atoms with E-state index in [1.165, 1.54) is 4.57 Å². The normalized spacial score (nSPS) is 12.5. The number of aliphatic hydroxyl groups excluding tert-OH is 1. The van der Waals surface area contributed by atoms with Crippen molar-refractivity contribution >= 4 is 17.1 Å². The molecule has 1 aromatic carbocycles. The molecule has 0 bridgehead atoms. The van der Waals surface area contributed by atoms with E-state index in [9.17, 15) is 14.7 Å². The zero-order chi connectivity index (χ0) is 22.5. The van der Waals surface area contributed by atoms with Gasteiger partial charge >= 0.3 is 5.69 Å². The number of aryl methyl sites for hydroxylation is 2. The van der Waals surface area contributed by atoms with Crippen LogP contribution in [0.2, 0.25) is 0 Å². The third kappa shape index (κ3) is 5.35. The number of H-pyrrole nitrogens is 1. The summed E-state index contributed by atoms with van der Waals surface area (Å²) in [5.74, 6) is 1.62. The number of benzene rings is 1. The van der Waals surface area contributed by atoms with Gasteiger partial charge in [-0.15, -0.1) is 0 Å². The van der Waals surface area contributed by atoms with Crippen molar-refractivity contribution in [2.24, 2.45) is 13.0 Å². The van der Waals surface area contributed by atoms with Crippen LogP contribution in [0.25, 0.3) is 11.2 Å². The first-order chi connectivity index (χ1) is 14.8. The fourth-order valence-electron chi connectivity index (χ4n) is 3.33. The summed E-state index contributed by atoms with van der Waals surface area (Å²) in [6, 6.07) is 7.73. The van der Waals surface area contributed by atoms with Crippen LogP contribution in [0.3, 0.4) is 0 Å². The van der Waals surface area contributed by atoms with Gasteiger partial charge in [-0.3, -0.25) is 14.3 Å². The third-order valence-corrected chi connectivity index (χ3v) is 5.15. The zero-order valence-electron chi connectivity index (χ0n) is 18.5. The van der Waals surface area contributed by atoms with E-state index in [4.69, 9.17) is 4.74 Å². The number of aromatic amines is 1. The number of ether oxygens (including phenoxy) is 1. The van der Waals surface area contributed by atoms with Crippen LogP contribution in [-0.2, 0) is 20.0 Å². The second-order valence-corrected chi connectivity index (χ2v) is 8.11. The maximum atomic E-state index is 12.5. The summed E-state index contributed by atoms with van der Waals surface area (Å²) in [7, 11) is 1.55. The Labute approximate surface area is 180 Å². The highest BCUT2D eigenvalue weighted by molar-refractivity contribution is 5.74. The molecule has 168 valence electrons. The van der Waals surface area contributed by atoms with Crippen molar-refractivity contribution in [2.45, 2.75) is 46.3 Å². The van der Waals surface area contributed by atoms with Crippen molar-refractivity contribution in [1.82, 2.24) is 19.1 Å². The Balaban J connectivity index is 1.85. The lowest BCUT2D eigenvalue weighted by molar-refractivity contribution is 0.0938. The van der Waals surface area contributed by atoms with Gasteiger partial charge in [-0.2, -0.15) is 4.98 Å². The number of imidazole rings is 1. The Hall–Kier alpha value is -3.07. The van der Waals surface area contributed by atoms with Crippen molar-refractivity contribution in [3.05, 3.63) is 50.7 Å². The van der Waals surface area contributed by atoms with Crippen molar-refractivity contribution in [1.29, 1.82) is 0 Å². The number of nitrogens with zero attached hydrogens (tertiary/aromatic N) is 3. The summed E-state index contributed by atoms with van der Waals surface area (Å²) in [6.07, 6.45) is 0.927. The predicted octanol–water partition coefficient (Wildman–Crippen LogP) is 1.88. The molecular weight excluding hydrogens is 398 g/mol. The standard InChI is InChI=1S/C22H31N5O4/c1-5-15-7-6-8-17(11-15)31-13-16(28)12-27-18-19(26(4)22(30)25-20(18)29)24-21(27)23-10-9-14(2)3/h6-8,11,14,16,28H,5,9-10,12-13H2,1-4H3,(H,23,24)(H,25,29,30)/t16-/m0/s1. The lowest BCUT2D eigenvalue weighted by atomic mass is 10.1. The van der Waals surface area contributed by atoms with Gasteiger partial charge in [0.25, 0.3) is 5.56 Å². The molecule has 0 aliphatic carbocycles. The Kier molecular flexibility index (Phi) is 7.17.